The third kappa shape index (κ3) is 3.32. The average molecular weight is 310 g/mol. The number of halogens is 1. The van der Waals surface area contributed by atoms with Gasteiger partial charge < -0.3 is 0 Å². The molecule has 0 amide bonds. The predicted molar refractivity (Wildman–Crippen MR) is 82.8 cm³/mol. The largest absolute Gasteiger partial charge is 0.279 e. The molecule has 5 heteroatoms. The second kappa shape index (κ2) is 5.85. The molecule has 0 fully saturated rings. The molecule has 3 nitrogen and oxygen atoms in total. The van der Waals surface area contributed by atoms with E-state index in [2.05, 4.69) is 4.72 Å². The minimum absolute atomic E-state index is 0.195. The van der Waals surface area contributed by atoms with Gasteiger partial charge in [0.25, 0.3) is 10.0 Å². The molecule has 0 atom stereocenters. The van der Waals surface area contributed by atoms with Crippen LogP contribution in [0.3, 0.4) is 0 Å². The maximum absolute atomic E-state index is 12.3. The smallest absolute Gasteiger partial charge is 0.261 e. The van der Waals surface area contributed by atoms with Crippen LogP contribution >= 0.6 is 11.6 Å². The molecule has 20 heavy (non-hydrogen) atoms. The van der Waals surface area contributed by atoms with Gasteiger partial charge in [0.2, 0.25) is 0 Å². The molecule has 0 aromatic heterocycles. The zero-order valence-corrected chi connectivity index (χ0v) is 12.9. The third-order valence-electron chi connectivity index (χ3n) is 2.95. The quantitative estimate of drug-likeness (QED) is 0.917. The van der Waals surface area contributed by atoms with E-state index in [-0.39, 0.29) is 10.8 Å². The standard InChI is InChI=1S/C15H16ClNO2S/c1-11(2)14-5-3-4-6-15(14)17-20(18,19)13-9-7-12(16)8-10-13/h3-11,17H,1-2H3. The topological polar surface area (TPSA) is 46.2 Å². The van der Waals surface area contributed by atoms with Gasteiger partial charge in [-0.2, -0.15) is 0 Å². The van der Waals surface area contributed by atoms with E-state index >= 15 is 0 Å². The lowest BCUT2D eigenvalue weighted by Gasteiger charge is -2.14. The van der Waals surface area contributed by atoms with Gasteiger partial charge in [-0.1, -0.05) is 43.6 Å². The van der Waals surface area contributed by atoms with Crippen LogP contribution in [0.4, 0.5) is 5.69 Å². The number of hydrogen-bond donors (Lipinski definition) is 1. The number of nitrogens with one attached hydrogen (secondary N) is 1. The Morgan fingerprint density at radius 2 is 1.60 bits per heavy atom. The molecule has 0 bridgehead atoms. The molecule has 0 unspecified atom stereocenters. The summed E-state index contributed by atoms with van der Waals surface area (Å²) in [5, 5.41) is 0.506. The van der Waals surface area contributed by atoms with Crippen LogP contribution in [0.2, 0.25) is 5.02 Å². The summed E-state index contributed by atoms with van der Waals surface area (Å²) in [6, 6.07) is 13.5. The predicted octanol–water partition coefficient (Wildman–Crippen LogP) is 4.26. The Morgan fingerprint density at radius 3 is 2.20 bits per heavy atom. The highest BCUT2D eigenvalue weighted by Gasteiger charge is 2.16. The second-order valence-electron chi connectivity index (χ2n) is 4.80. The Labute approximate surface area is 124 Å². The van der Waals surface area contributed by atoms with Gasteiger partial charge >= 0.3 is 0 Å². The molecule has 2 rings (SSSR count). The first kappa shape index (κ1) is 14.9. The molecule has 0 aliphatic carbocycles. The van der Waals surface area contributed by atoms with Crippen LogP contribution in [-0.2, 0) is 10.0 Å². The van der Waals surface area contributed by atoms with Crippen molar-refractivity contribution >= 4 is 27.3 Å². The molecule has 106 valence electrons. The van der Waals surface area contributed by atoms with Crippen molar-refractivity contribution in [1.29, 1.82) is 0 Å². The first-order valence-corrected chi connectivity index (χ1v) is 8.13. The molecule has 1 N–H and O–H groups in total. The Morgan fingerprint density at radius 1 is 1.00 bits per heavy atom. The van der Waals surface area contributed by atoms with Crippen molar-refractivity contribution in [2.45, 2.75) is 24.7 Å². The summed E-state index contributed by atoms with van der Waals surface area (Å²) >= 11 is 5.77. The van der Waals surface area contributed by atoms with Crippen LogP contribution in [-0.4, -0.2) is 8.42 Å². The van der Waals surface area contributed by atoms with Crippen molar-refractivity contribution in [2.75, 3.05) is 4.72 Å². The Balaban J connectivity index is 2.36. The van der Waals surface area contributed by atoms with E-state index in [1.54, 1.807) is 18.2 Å². The number of sulfonamides is 1. The number of hydrogen-bond acceptors (Lipinski definition) is 2. The molecule has 0 spiro atoms. The molecule has 0 saturated carbocycles. The van der Waals surface area contributed by atoms with Crippen LogP contribution in [0.15, 0.2) is 53.4 Å². The summed E-state index contributed by atoms with van der Waals surface area (Å²) < 4.78 is 27.3. The van der Waals surface area contributed by atoms with Crippen molar-refractivity contribution in [3.8, 4) is 0 Å². The molecule has 2 aromatic carbocycles. The minimum Gasteiger partial charge on any atom is -0.279 e. The van der Waals surface area contributed by atoms with E-state index in [4.69, 9.17) is 11.6 Å². The van der Waals surface area contributed by atoms with Crippen molar-refractivity contribution in [2.24, 2.45) is 0 Å². The molecular weight excluding hydrogens is 294 g/mol. The van der Waals surface area contributed by atoms with E-state index < -0.39 is 10.0 Å². The molecule has 2 aromatic rings. The molecule has 0 heterocycles. The van der Waals surface area contributed by atoms with E-state index in [0.717, 1.165) is 5.56 Å². The minimum atomic E-state index is -3.59. The summed E-state index contributed by atoms with van der Waals surface area (Å²) in [6.07, 6.45) is 0. The normalized spacial score (nSPS) is 11.6. The Hall–Kier alpha value is -1.52. The van der Waals surface area contributed by atoms with Gasteiger partial charge in [0, 0.05) is 5.02 Å². The number of para-hydroxylation sites is 1. The SMILES string of the molecule is CC(C)c1ccccc1NS(=O)(=O)c1ccc(Cl)cc1. The highest BCUT2D eigenvalue weighted by Crippen LogP contribution is 2.26. The van der Waals surface area contributed by atoms with Crippen molar-refractivity contribution in [3.05, 3.63) is 59.1 Å². The lowest BCUT2D eigenvalue weighted by atomic mass is 10.0. The van der Waals surface area contributed by atoms with Crippen molar-refractivity contribution in [3.63, 3.8) is 0 Å². The van der Waals surface area contributed by atoms with Gasteiger partial charge in [-0.3, -0.25) is 4.72 Å². The van der Waals surface area contributed by atoms with Crippen LogP contribution in [0.25, 0.3) is 0 Å². The van der Waals surface area contributed by atoms with Gasteiger partial charge in [0.1, 0.15) is 0 Å². The van der Waals surface area contributed by atoms with Gasteiger partial charge in [-0.15, -0.1) is 0 Å². The van der Waals surface area contributed by atoms with E-state index in [0.29, 0.717) is 10.7 Å². The lowest BCUT2D eigenvalue weighted by Crippen LogP contribution is -2.14. The monoisotopic (exact) mass is 309 g/mol. The molecular formula is C15H16ClNO2S. The van der Waals surface area contributed by atoms with Crippen molar-refractivity contribution < 1.29 is 8.42 Å². The first-order chi connectivity index (χ1) is 9.40. The first-order valence-electron chi connectivity index (χ1n) is 6.27. The van der Waals surface area contributed by atoms with Crippen molar-refractivity contribution in [1.82, 2.24) is 0 Å². The fourth-order valence-electron chi connectivity index (χ4n) is 1.91. The Bertz CT molecular complexity index is 694. The molecule has 0 aliphatic rings. The van der Waals surface area contributed by atoms with E-state index in [1.807, 2.05) is 32.0 Å². The zero-order valence-electron chi connectivity index (χ0n) is 11.3. The fraction of sp³-hybridized carbons (Fsp3) is 0.200. The highest BCUT2D eigenvalue weighted by molar-refractivity contribution is 7.92. The Kier molecular flexibility index (Phi) is 4.35. The summed E-state index contributed by atoms with van der Waals surface area (Å²) in [5.41, 5.74) is 1.57. The second-order valence-corrected chi connectivity index (χ2v) is 6.92. The van der Waals surface area contributed by atoms with Gasteiger partial charge in [-0.05, 0) is 41.8 Å². The summed E-state index contributed by atoms with van der Waals surface area (Å²) in [6.45, 7) is 4.05. The summed E-state index contributed by atoms with van der Waals surface area (Å²) in [5.74, 6) is 0.235. The number of benzene rings is 2. The van der Waals surface area contributed by atoms with E-state index in [1.165, 1.54) is 12.1 Å². The summed E-state index contributed by atoms with van der Waals surface area (Å²) in [7, 11) is -3.59. The number of rotatable bonds is 4. The molecule has 0 saturated heterocycles. The third-order valence-corrected chi connectivity index (χ3v) is 4.58. The van der Waals surface area contributed by atoms with Crippen LogP contribution in [0.1, 0.15) is 25.3 Å². The van der Waals surface area contributed by atoms with Crippen LogP contribution < -0.4 is 4.72 Å². The fourth-order valence-corrected chi connectivity index (χ4v) is 3.12. The van der Waals surface area contributed by atoms with Gasteiger partial charge in [0.15, 0.2) is 0 Å². The highest BCUT2D eigenvalue weighted by atomic mass is 35.5. The zero-order chi connectivity index (χ0) is 14.8. The average Bonchev–Trinajstić information content (AvgIpc) is 2.39. The summed E-state index contributed by atoms with van der Waals surface area (Å²) in [4.78, 5) is 0.195. The number of anilines is 1. The lowest BCUT2D eigenvalue weighted by molar-refractivity contribution is 0.601. The van der Waals surface area contributed by atoms with E-state index in [9.17, 15) is 8.42 Å². The maximum atomic E-state index is 12.3. The van der Waals surface area contributed by atoms with Gasteiger partial charge in [-0.25, -0.2) is 8.42 Å². The van der Waals surface area contributed by atoms with Crippen LogP contribution in [0, 0.1) is 0 Å². The molecule has 0 radical (unpaired) electrons. The van der Waals surface area contributed by atoms with Crippen LogP contribution in [0.5, 0.6) is 0 Å². The van der Waals surface area contributed by atoms with Gasteiger partial charge in [0.05, 0.1) is 10.6 Å². The molecule has 0 aliphatic heterocycles. The maximum Gasteiger partial charge on any atom is 0.261 e.